The second-order valence-corrected chi connectivity index (χ2v) is 4.03. The Morgan fingerprint density at radius 1 is 1.35 bits per heavy atom. The molecule has 2 aromatic heterocycles. The van der Waals surface area contributed by atoms with E-state index in [9.17, 15) is 0 Å². The van der Waals surface area contributed by atoms with E-state index in [1.54, 1.807) is 6.33 Å². The van der Waals surface area contributed by atoms with Crippen LogP contribution in [0.3, 0.4) is 0 Å². The SMILES string of the molecule is Cc1nc(N)oc1-c1ccc2c(c1)ncn2C. The fourth-order valence-electron chi connectivity index (χ4n) is 1.96. The minimum absolute atomic E-state index is 0.193. The van der Waals surface area contributed by atoms with Gasteiger partial charge in [-0.05, 0) is 25.1 Å². The largest absolute Gasteiger partial charge is 0.423 e. The van der Waals surface area contributed by atoms with Gasteiger partial charge in [-0.1, -0.05) is 0 Å². The van der Waals surface area contributed by atoms with E-state index in [0.717, 1.165) is 22.3 Å². The molecule has 0 spiro atoms. The number of anilines is 1. The highest BCUT2D eigenvalue weighted by molar-refractivity contribution is 5.81. The molecule has 3 rings (SSSR count). The Morgan fingerprint density at radius 3 is 2.88 bits per heavy atom. The molecule has 0 aliphatic carbocycles. The topological polar surface area (TPSA) is 69.9 Å². The van der Waals surface area contributed by atoms with E-state index >= 15 is 0 Å². The fourth-order valence-corrected chi connectivity index (χ4v) is 1.96. The van der Waals surface area contributed by atoms with Crippen molar-refractivity contribution in [2.24, 2.45) is 7.05 Å². The van der Waals surface area contributed by atoms with Crippen molar-refractivity contribution in [2.45, 2.75) is 6.92 Å². The lowest BCUT2D eigenvalue weighted by atomic mass is 10.1. The number of aryl methyl sites for hydroxylation is 2. The highest BCUT2D eigenvalue weighted by atomic mass is 16.4. The number of imidazole rings is 1. The van der Waals surface area contributed by atoms with Crippen molar-refractivity contribution in [1.82, 2.24) is 14.5 Å². The van der Waals surface area contributed by atoms with Gasteiger partial charge in [0.2, 0.25) is 0 Å². The van der Waals surface area contributed by atoms with E-state index in [2.05, 4.69) is 9.97 Å². The van der Waals surface area contributed by atoms with Gasteiger partial charge in [-0.15, -0.1) is 0 Å². The van der Waals surface area contributed by atoms with Gasteiger partial charge in [0, 0.05) is 12.6 Å². The first kappa shape index (κ1) is 9.89. The van der Waals surface area contributed by atoms with Crippen LogP contribution < -0.4 is 5.73 Å². The molecule has 0 amide bonds. The second-order valence-electron chi connectivity index (χ2n) is 4.03. The van der Waals surface area contributed by atoms with Crippen LogP contribution in [0.1, 0.15) is 5.69 Å². The molecule has 0 saturated heterocycles. The molecular weight excluding hydrogens is 216 g/mol. The predicted octanol–water partition coefficient (Wildman–Crippen LogP) is 2.12. The standard InChI is InChI=1S/C12H12N4O/c1-7-11(17-12(13)15-7)8-3-4-10-9(5-8)14-6-16(10)2/h3-6H,1-2H3,(H2,13,15). The van der Waals surface area contributed by atoms with Crippen molar-refractivity contribution in [1.29, 1.82) is 0 Å². The number of fused-ring (bicyclic) bond motifs is 1. The summed E-state index contributed by atoms with van der Waals surface area (Å²) in [5.74, 6) is 0.704. The Bertz CT molecular complexity index is 696. The lowest BCUT2D eigenvalue weighted by Crippen LogP contribution is -1.84. The molecule has 0 aliphatic heterocycles. The molecule has 2 heterocycles. The van der Waals surface area contributed by atoms with Crippen molar-refractivity contribution < 1.29 is 4.42 Å². The van der Waals surface area contributed by atoms with Crippen molar-refractivity contribution in [3.63, 3.8) is 0 Å². The third-order valence-electron chi connectivity index (χ3n) is 2.80. The molecule has 3 aromatic rings. The summed E-state index contributed by atoms with van der Waals surface area (Å²) in [6, 6.07) is 6.16. The maximum atomic E-state index is 5.54. The summed E-state index contributed by atoms with van der Waals surface area (Å²) in [5, 5.41) is 0. The number of benzene rings is 1. The molecule has 5 heteroatoms. The van der Waals surface area contributed by atoms with E-state index in [-0.39, 0.29) is 6.01 Å². The molecule has 5 nitrogen and oxygen atoms in total. The number of nitrogens with zero attached hydrogens (tertiary/aromatic N) is 3. The van der Waals surface area contributed by atoms with Crippen molar-refractivity contribution >= 4 is 17.0 Å². The van der Waals surface area contributed by atoms with E-state index in [0.29, 0.717) is 5.76 Å². The Morgan fingerprint density at radius 2 is 2.18 bits per heavy atom. The molecule has 1 aromatic carbocycles. The lowest BCUT2D eigenvalue weighted by Gasteiger charge is -1.99. The molecule has 0 atom stereocenters. The Labute approximate surface area is 97.9 Å². The second kappa shape index (κ2) is 3.35. The number of rotatable bonds is 1. The molecule has 0 fully saturated rings. The van der Waals surface area contributed by atoms with E-state index in [4.69, 9.17) is 10.2 Å². The third-order valence-corrected chi connectivity index (χ3v) is 2.80. The number of hydrogen-bond donors (Lipinski definition) is 1. The molecule has 0 saturated carbocycles. The molecular formula is C12H12N4O. The summed E-state index contributed by atoms with van der Waals surface area (Å²) in [5.41, 5.74) is 9.28. The Hall–Kier alpha value is -2.30. The molecule has 17 heavy (non-hydrogen) atoms. The zero-order valence-corrected chi connectivity index (χ0v) is 9.64. The van der Waals surface area contributed by atoms with Gasteiger partial charge in [-0.25, -0.2) is 4.98 Å². The van der Waals surface area contributed by atoms with Gasteiger partial charge >= 0.3 is 0 Å². The fraction of sp³-hybridized carbons (Fsp3) is 0.167. The maximum absolute atomic E-state index is 5.54. The van der Waals surface area contributed by atoms with Gasteiger partial charge in [-0.3, -0.25) is 0 Å². The average molecular weight is 228 g/mol. The van der Waals surface area contributed by atoms with Crippen molar-refractivity contribution in [3.05, 3.63) is 30.2 Å². The normalized spacial score (nSPS) is 11.2. The van der Waals surface area contributed by atoms with E-state index < -0.39 is 0 Å². The van der Waals surface area contributed by atoms with Gasteiger partial charge in [0.1, 0.15) is 0 Å². The summed E-state index contributed by atoms with van der Waals surface area (Å²) < 4.78 is 7.36. The van der Waals surface area contributed by atoms with Crippen LogP contribution in [0.15, 0.2) is 28.9 Å². The van der Waals surface area contributed by atoms with Crippen molar-refractivity contribution in [3.8, 4) is 11.3 Å². The zero-order valence-electron chi connectivity index (χ0n) is 9.64. The molecule has 0 bridgehead atoms. The number of aromatic nitrogens is 3. The van der Waals surface area contributed by atoms with Gasteiger partial charge in [-0.2, -0.15) is 4.98 Å². The number of oxazole rings is 1. The highest BCUT2D eigenvalue weighted by Crippen LogP contribution is 2.27. The quantitative estimate of drug-likeness (QED) is 0.692. The average Bonchev–Trinajstić information content (AvgIpc) is 2.82. The minimum atomic E-state index is 0.193. The van der Waals surface area contributed by atoms with Gasteiger partial charge in [0.25, 0.3) is 6.01 Å². The Kier molecular flexibility index (Phi) is 1.95. The summed E-state index contributed by atoms with van der Waals surface area (Å²) in [6.45, 7) is 1.87. The van der Waals surface area contributed by atoms with Crippen LogP contribution in [0.5, 0.6) is 0 Å². The van der Waals surface area contributed by atoms with Gasteiger partial charge < -0.3 is 14.7 Å². The molecule has 0 aliphatic rings. The summed E-state index contributed by atoms with van der Waals surface area (Å²) in [6.07, 6.45) is 1.79. The first-order valence-electron chi connectivity index (χ1n) is 5.29. The summed E-state index contributed by atoms with van der Waals surface area (Å²) in [7, 11) is 1.96. The first-order chi connectivity index (χ1) is 8.15. The van der Waals surface area contributed by atoms with E-state index in [1.807, 2.05) is 36.7 Å². The van der Waals surface area contributed by atoms with Crippen LogP contribution in [0, 0.1) is 6.92 Å². The van der Waals surface area contributed by atoms with Crippen LogP contribution in [-0.4, -0.2) is 14.5 Å². The first-order valence-corrected chi connectivity index (χ1v) is 5.29. The van der Waals surface area contributed by atoms with Gasteiger partial charge in [0.05, 0.1) is 23.1 Å². The van der Waals surface area contributed by atoms with Crippen molar-refractivity contribution in [2.75, 3.05) is 5.73 Å². The van der Waals surface area contributed by atoms with E-state index in [1.165, 1.54) is 0 Å². The molecule has 2 N–H and O–H groups in total. The number of nitrogen functional groups attached to an aromatic ring is 1. The van der Waals surface area contributed by atoms with Crippen LogP contribution >= 0.6 is 0 Å². The summed E-state index contributed by atoms with van der Waals surface area (Å²) in [4.78, 5) is 8.37. The number of hydrogen-bond acceptors (Lipinski definition) is 4. The number of nitrogens with two attached hydrogens (primary N) is 1. The van der Waals surface area contributed by atoms with Crippen LogP contribution in [0.4, 0.5) is 6.01 Å². The molecule has 86 valence electrons. The minimum Gasteiger partial charge on any atom is -0.423 e. The lowest BCUT2D eigenvalue weighted by molar-refractivity contribution is 0.594. The predicted molar refractivity (Wildman–Crippen MR) is 65.4 cm³/mol. The maximum Gasteiger partial charge on any atom is 0.292 e. The highest BCUT2D eigenvalue weighted by Gasteiger charge is 2.11. The monoisotopic (exact) mass is 228 g/mol. The van der Waals surface area contributed by atoms with Gasteiger partial charge in [0.15, 0.2) is 5.76 Å². The Balaban J connectivity index is 2.21. The summed E-state index contributed by atoms with van der Waals surface area (Å²) >= 11 is 0. The zero-order chi connectivity index (χ0) is 12.0. The smallest absolute Gasteiger partial charge is 0.292 e. The van der Waals surface area contributed by atoms with Crippen LogP contribution in [0.2, 0.25) is 0 Å². The van der Waals surface area contributed by atoms with Crippen LogP contribution in [0.25, 0.3) is 22.4 Å². The van der Waals surface area contributed by atoms with Crippen LogP contribution in [-0.2, 0) is 7.05 Å². The third kappa shape index (κ3) is 1.47. The molecule has 0 radical (unpaired) electrons. The molecule has 0 unspecified atom stereocenters.